The van der Waals surface area contributed by atoms with Crippen molar-refractivity contribution in [3.8, 4) is 0 Å². The van der Waals surface area contributed by atoms with Crippen LogP contribution in [0.2, 0.25) is 0 Å². The van der Waals surface area contributed by atoms with Crippen LogP contribution in [-0.2, 0) is 9.53 Å². The molecule has 0 radical (unpaired) electrons. The minimum Gasteiger partial charge on any atom is -0.465 e. The zero-order valence-corrected chi connectivity index (χ0v) is 16.0. The Bertz CT molecular complexity index is 562. The van der Waals surface area contributed by atoms with Gasteiger partial charge >= 0.3 is 5.97 Å². The molecule has 3 rings (SSSR count). The van der Waals surface area contributed by atoms with E-state index in [2.05, 4.69) is 39.5 Å². The van der Waals surface area contributed by atoms with Gasteiger partial charge in [0.1, 0.15) is 0 Å². The van der Waals surface area contributed by atoms with E-state index in [4.69, 9.17) is 4.74 Å². The summed E-state index contributed by atoms with van der Waals surface area (Å²) in [4.78, 5) is 11.4. The first-order chi connectivity index (χ1) is 11.2. The molecule has 2 nitrogen and oxygen atoms in total. The molecule has 0 N–H and O–H groups in total. The highest BCUT2D eigenvalue weighted by molar-refractivity contribution is 5.65. The van der Waals surface area contributed by atoms with Crippen molar-refractivity contribution in [2.24, 2.45) is 28.1 Å². The molecule has 0 spiro atoms. The number of hydrogen-bond acceptors (Lipinski definition) is 2. The quantitative estimate of drug-likeness (QED) is 0.491. The van der Waals surface area contributed by atoms with Crippen molar-refractivity contribution in [2.75, 3.05) is 6.61 Å². The molecule has 134 valence electrons. The maximum atomic E-state index is 11.4. The van der Waals surface area contributed by atoms with Crippen molar-refractivity contribution in [3.05, 3.63) is 24.3 Å². The molecular formula is C22H34O2. The molecule has 3 aliphatic rings. The fourth-order valence-corrected chi connectivity index (χ4v) is 6.18. The van der Waals surface area contributed by atoms with Crippen molar-refractivity contribution >= 4 is 5.97 Å². The van der Waals surface area contributed by atoms with Crippen LogP contribution in [0.1, 0.15) is 72.6 Å². The highest BCUT2D eigenvalue weighted by atomic mass is 16.5. The summed E-state index contributed by atoms with van der Waals surface area (Å²) in [7, 11) is 0. The van der Waals surface area contributed by atoms with Crippen LogP contribution in [0.3, 0.4) is 0 Å². The summed E-state index contributed by atoms with van der Waals surface area (Å²) < 4.78 is 5.49. The van der Waals surface area contributed by atoms with Crippen LogP contribution in [0.25, 0.3) is 0 Å². The Morgan fingerprint density at radius 3 is 2.75 bits per heavy atom. The number of hydrogen-bond donors (Lipinski definition) is 0. The molecule has 0 aromatic carbocycles. The van der Waals surface area contributed by atoms with Crippen LogP contribution in [0, 0.1) is 28.1 Å². The molecule has 2 saturated carbocycles. The highest BCUT2D eigenvalue weighted by Crippen LogP contribution is 2.63. The van der Waals surface area contributed by atoms with E-state index < -0.39 is 0 Å². The Morgan fingerprint density at radius 2 is 2.08 bits per heavy atom. The van der Waals surface area contributed by atoms with E-state index in [1.165, 1.54) is 45.4 Å². The fourth-order valence-electron chi connectivity index (χ4n) is 6.18. The SMILES string of the molecule is C=C[C@@]1(C)CC[C@H]2C(=CC[C@@H]3[C@@](C)(COC(C)=O)CCC[C@]32C)C1. The summed E-state index contributed by atoms with van der Waals surface area (Å²) in [6.45, 7) is 13.4. The van der Waals surface area contributed by atoms with Gasteiger partial charge in [0.2, 0.25) is 0 Å². The third-order valence-electron chi connectivity index (χ3n) is 7.67. The zero-order valence-electron chi connectivity index (χ0n) is 16.0. The number of rotatable bonds is 3. The Kier molecular flexibility index (Phi) is 4.47. The summed E-state index contributed by atoms with van der Waals surface area (Å²) in [5, 5.41) is 0. The molecule has 0 saturated heterocycles. The standard InChI is InChI=1S/C22H34O2/c1-6-20(3)13-10-18-17(14-20)8-9-19-21(4,15-24-16(2)23)11-7-12-22(18,19)5/h6,8,18-19H,1,7,9-15H2,2-5H3/t18-,19+,20-,21+,22-/m0/s1. The summed E-state index contributed by atoms with van der Waals surface area (Å²) in [6.07, 6.45) is 13.3. The lowest BCUT2D eigenvalue weighted by molar-refractivity contribution is -0.151. The normalized spacial score (nSPS) is 44.8. The fraction of sp³-hybridized carbons (Fsp3) is 0.773. The first-order valence-corrected chi connectivity index (χ1v) is 9.68. The average Bonchev–Trinajstić information content (AvgIpc) is 2.52. The van der Waals surface area contributed by atoms with Gasteiger partial charge in [-0.05, 0) is 61.2 Å². The van der Waals surface area contributed by atoms with Crippen molar-refractivity contribution < 1.29 is 9.53 Å². The Morgan fingerprint density at radius 1 is 1.33 bits per heavy atom. The van der Waals surface area contributed by atoms with E-state index in [0.717, 1.165) is 6.42 Å². The molecule has 5 atom stereocenters. The first kappa shape index (κ1) is 17.8. The lowest BCUT2D eigenvalue weighted by Gasteiger charge is -2.59. The van der Waals surface area contributed by atoms with Crippen LogP contribution in [0.5, 0.6) is 0 Å². The van der Waals surface area contributed by atoms with Crippen LogP contribution in [0.4, 0.5) is 0 Å². The maximum absolute atomic E-state index is 11.4. The van der Waals surface area contributed by atoms with Crippen LogP contribution in [0.15, 0.2) is 24.3 Å². The molecule has 0 aromatic heterocycles. The molecule has 2 fully saturated rings. The molecule has 3 aliphatic carbocycles. The minimum atomic E-state index is -0.144. The molecule has 0 amide bonds. The highest BCUT2D eigenvalue weighted by Gasteiger charge is 2.55. The number of ether oxygens (including phenoxy) is 1. The maximum Gasteiger partial charge on any atom is 0.302 e. The topological polar surface area (TPSA) is 26.3 Å². The monoisotopic (exact) mass is 330 g/mol. The Balaban J connectivity index is 1.88. The van der Waals surface area contributed by atoms with Crippen molar-refractivity contribution in [3.63, 3.8) is 0 Å². The molecule has 0 aromatic rings. The van der Waals surface area contributed by atoms with Gasteiger partial charge in [-0.15, -0.1) is 6.58 Å². The Labute approximate surface area is 147 Å². The van der Waals surface area contributed by atoms with Gasteiger partial charge in [0.25, 0.3) is 0 Å². The van der Waals surface area contributed by atoms with Crippen LogP contribution < -0.4 is 0 Å². The van der Waals surface area contributed by atoms with Gasteiger partial charge < -0.3 is 4.74 Å². The summed E-state index contributed by atoms with van der Waals surface area (Å²) in [6, 6.07) is 0. The summed E-state index contributed by atoms with van der Waals surface area (Å²) in [5.74, 6) is 1.19. The third-order valence-corrected chi connectivity index (χ3v) is 7.67. The molecule has 2 heteroatoms. The Hall–Kier alpha value is -1.05. The van der Waals surface area contributed by atoms with E-state index in [1.54, 1.807) is 5.57 Å². The molecule has 24 heavy (non-hydrogen) atoms. The second kappa shape index (κ2) is 6.04. The lowest BCUT2D eigenvalue weighted by Crippen LogP contribution is -2.52. The van der Waals surface area contributed by atoms with Gasteiger partial charge in [-0.25, -0.2) is 0 Å². The number of fused-ring (bicyclic) bond motifs is 3. The predicted molar refractivity (Wildman–Crippen MR) is 98.5 cm³/mol. The van der Waals surface area contributed by atoms with E-state index in [9.17, 15) is 4.79 Å². The van der Waals surface area contributed by atoms with Crippen molar-refractivity contribution in [2.45, 2.75) is 72.6 Å². The van der Waals surface area contributed by atoms with Gasteiger partial charge in [-0.3, -0.25) is 4.79 Å². The third kappa shape index (κ3) is 2.86. The second-order valence-corrected chi connectivity index (χ2v) is 9.49. The molecule has 0 heterocycles. The second-order valence-electron chi connectivity index (χ2n) is 9.49. The average molecular weight is 331 g/mol. The number of allylic oxidation sites excluding steroid dienone is 3. The van der Waals surface area contributed by atoms with Crippen molar-refractivity contribution in [1.29, 1.82) is 0 Å². The van der Waals surface area contributed by atoms with Gasteiger partial charge in [0.05, 0.1) is 6.61 Å². The number of carbonyl (C=O) groups is 1. The molecule has 0 bridgehead atoms. The largest absolute Gasteiger partial charge is 0.465 e. The minimum absolute atomic E-state index is 0.125. The van der Waals surface area contributed by atoms with E-state index in [0.29, 0.717) is 23.9 Å². The predicted octanol–water partition coefficient (Wildman–Crippen LogP) is 5.68. The zero-order chi connectivity index (χ0) is 17.6. The number of carbonyl (C=O) groups excluding carboxylic acids is 1. The molecule has 0 unspecified atom stereocenters. The van der Waals surface area contributed by atoms with Crippen LogP contribution >= 0.6 is 0 Å². The van der Waals surface area contributed by atoms with Gasteiger partial charge in [0, 0.05) is 12.3 Å². The van der Waals surface area contributed by atoms with Gasteiger partial charge in [-0.1, -0.05) is 44.9 Å². The van der Waals surface area contributed by atoms with E-state index >= 15 is 0 Å². The summed E-state index contributed by atoms with van der Waals surface area (Å²) in [5.41, 5.74) is 2.44. The first-order valence-electron chi connectivity index (χ1n) is 9.68. The smallest absolute Gasteiger partial charge is 0.302 e. The van der Waals surface area contributed by atoms with Gasteiger partial charge in [0.15, 0.2) is 0 Å². The molecule has 0 aliphatic heterocycles. The van der Waals surface area contributed by atoms with Gasteiger partial charge in [-0.2, -0.15) is 0 Å². The van der Waals surface area contributed by atoms with Crippen molar-refractivity contribution in [1.82, 2.24) is 0 Å². The lowest BCUT2D eigenvalue weighted by atomic mass is 9.45. The molecular weight excluding hydrogens is 296 g/mol. The number of esters is 1. The summed E-state index contributed by atoms with van der Waals surface area (Å²) >= 11 is 0. The van der Waals surface area contributed by atoms with Crippen LogP contribution in [-0.4, -0.2) is 12.6 Å². The van der Waals surface area contributed by atoms with E-state index in [-0.39, 0.29) is 16.8 Å². The van der Waals surface area contributed by atoms with E-state index in [1.807, 2.05) is 0 Å².